The molecular formula is C29H34FN3O3. The number of ether oxygens (including phenoxy) is 1. The Labute approximate surface area is 211 Å². The highest BCUT2D eigenvalue weighted by Crippen LogP contribution is 2.63. The lowest BCUT2D eigenvalue weighted by Crippen LogP contribution is -2.41. The van der Waals surface area contributed by atoms with Crippen molar-refractivity contribution in [3.63, 3.8) is 0 Å². The quantitative estimate of drug-likeness (QED) is 0.497. The number of rotatable bonds is 6. The summed E-state index contributed by atoms with van der Waals surface area (Å²) in [4.78, 5) is 27.8. The molecule has 4 atom stereocenters. The summed E-state index contributed by atoms with van der Waals surface area (Å²) < 4.78 is 18.8. The number of allylic oxidation sites excluding steroid dienone is 2. The van der Waals surface area contributed by atoms with Crippen LogP contribution in [0.4, 0.5) is 14.9 Å². The van der Waals surface area contributed by atoms with Crippen LogP contribution in [0.15, 0.2) is 42.7 Å². The normalized spacial score (nSPS) is 26.2. The van der Waals surface area contributed by atoms with Crippen molar-refractivity contribution < 1.29 is 18.7 Å². The molecule has 5 rings (SSSR count). The number of aryl methyl sites for hydroxylation is 1. The van der Waals surface area contributed by atoms with Gasteiger partial charge in [0.2, 0.25) is 0 Å². The number of hydrogen-bond acceptors (Lipinski definition) is 4. The molecule has 1 heterocycles. The highest BCUT2D eigenvalue weighted by Gasteiger charge is 2.51. The molecule has 7 heteroatoms. The summed E-state index contributed by atoms with van der Waals surface area (Å²) in [5, 5.41) is 5.61. The van der Waals surface area contributed by atoms with E-state index in [0.29, 0.717) is 24.4 Å². The molecule has 3 aliphatic carbocycles. The summed E-state index contributed by atoms with van der Waals surface area (Å²) in [6, 6.07) is 7.56. The van der Waals surface area contributed by atoms with Gasteiger partial charge in [-0.2, -0.15) is 0 Å². The SMILES string of the molecule is CCOC(=O)CCNC(=O)Nc1ccc2c(c1)CCC1C2CC[C@]2(C)C(c3cncc(F)c3)=CCC12. The van der Waals surface area contributed by atoms with Crippen LogP contribution >= 0.6 is 0 Å². The van der Waals surface area contributed by atoms with Crippen molar-refractivity contribution in [2.75, 3.05) is 18.5 Å². The summed E-state index contributed by atoms with van der Waals surface area (Å²) in [6.07, 6.45) is 10.9. The lowest BCUT2D eigenvalue weighted by molar-refractivity contribution is -0.142. The average molecular weight is 492 g/mol. The molecule has 3 aliphatic rings. The topological polar surface area (TPSA) is 80.3 Å². The van der Waals surface area contributed by atoms with Crippen LogP contribution in [0.3, 0.4) is 0 Å². The van der Waals surface area contributed by atoms with Crippen molar-refractivity contribution in [3.05, 3.63) is 65.2 Å². The molecule has 0 radical (unpaired) electrons. The van der Waals surface area contributed by atoms with Crippen molar-refractivity contribution in [3.8, 4) is 0 Å². The van der Waals surface area contributed by atoms with Gasteiger partial charge in [-0.05, 0) is 103 Å². The first kappa shape index (κ1) is 24.5. The van der Waals surface area contributed by atoms with Gasteiger partial charge in [0.15, 0.2) is 0 Å². The van der Waals surface area contributed by atoms with Gasteiger partial charge in [0.05, 0.1) is 19.2 Å². The van der Waals surface area contributed by atoms with Crippen LogP contribution in [0.2, 0.25) is 0 Å². The van der Waals surface area contributed by atoms with Crippen molar-refractivity contribution >= 4 is 23.3 Å². The standard InChI is InChI=1S/C29H34FN3O3/c1-3-36-27(34)11-13-32-28(35)33-21-5-7-22-18(15-21)4-6-24-23(22)10-12-29(2)25(8-9-26(24)29)19-14-20(30)17-31-16-19/h5,7-8,14-17,23-24,26H,3-4,6,9-13H2,1-2H3,(H2,32,33,35)/t23?,24?,26?,29-/m1/s1. The highest BCUT2D eigenvalue weighted by molar-refractivity contribution is 5.89. The molecular weight excluding hydrogens is 457 g/mol. The van der Waals surface area contributed by atoms with E-state index in [2.05, 4.69) is 40.8 Å². The number of hydrogen-bond donors (Lipinski definition) is 2. The van der Waals surface area contributed by atoms with Crippen molar-refractivity contribution in [1.82, 2.24) is 10.3 Å². The van der Waals surface area contributed by atoms with E-state index in [-0.39, 0.29) is 36.2 Å². The summed E-state index contributed by atoms with van der Waals surface area (Å²) in [7, 11) is 0. The lowest BCUT2D eigenvalue weighted by atomic mass is 9.54. The van der Waals surface area contributed by atoms with Gasteiger partial charge in [0.1, 0.15) is 5.82 Å². The molecule has 2 aromatic rings. The Morgan fingerprint density at radius 1 is 1.22 bits per heavy atom. The molecule has 2 N–H and O–H groups in total. The minimum atomic E-state index is -0.322. The second kappa shape index (κ2) is 10.0. The second-order valence-corrected chi connectivity index (χ2v) is 10.5. The Morgan fingerprint density at radius 3 is 2.89 bits per heavy atom. The van der Waals surface area contributed by atoms with E-state index in [1.54, 1.807) is 19.2 Å². The molecule has 0 aliphatic heterocycles. The maximum Gasteiger partial charge on any atom is 0.319 e. The third kappa shape index (κ3) is 4.63. The first-order valence-electron chi connectivity index (χ1n) is 13.0. The zero-order chi connectivity index (χ0) is 25.3. The first-order chi connectivity index (χ1) is 17.4. The molecule has 0 bridgehead atoms. The van der Waals surface area contributed by atoms with Gasteiger partial charge in [-0.1, -0.05) is 19.1 Å². The number of fused-ring (bicyclic) bond motifs is 5. The molecule has 3 unspecified atom stereocenters. The van der Waals surface area contributed by atoms with Crippen LogP contribution in [0, 0.1) is 23.1 Å². The predicted molar refractivity (Wildman–Crippen MR) is 137 cm³/mol. The predicted octanol–water partition coefficient (Wildman–Crippen LogP) is 5.85. The molecule has 1 aromatic heterocycles. The molecule has 36 heavy (non-hydrogen) atoms. The maximum absolute atomic E-state index is 13.9. The molecule has 1 aromatic carbocycles. The Kier molecular flexibility index (Phi) is 6.82. The Balaban J connectivity index is 1.25. The van der Waals surface area contributed by atoms with Crippen LogP contribution < -0.4 is 10.6 Å². The third-order valence-corrected chi connectivity index (χ3v) is 8.50. The molecule has 0 spiro atoms. The Hall–Kier alpha value is -3.22. The van der Waals surface area contributed by atoms with E-state index in [1.165, 1.54) is 22.9 Å². The summed E-state index contributed by atoms with van der Waals surface area (Å²) in [6.45, 7) is 4.70. The monoisotopic (exact) mass is 491 g/mol. The fourth-order valence-electron chi connectivity index (χ4n) is 6.92. The van der Waals surface area contributed by atoms with E-state index in [0.717, 1.165) is 43.4 Å². The number of esters is 1. The largest absolute Gasteiger partial charge is 0.466 e. The fraction of sp³-hybridized carbons (Fsp3) is 0.483. The number of amides is 2. The van der Waals surface area contributed by atoms with E-state index >= 15 is 0 Å². The number of urea groups is 1. The van der Waals surface area contributed by atoms with Crippen molar-refractivity contribution in [2.45, 2.75) is 58.3 Å². The number of anilines is 1. The number of carbonyl (C=O) groups is 2. The molecule has 2 amide bonds. The molecule has 6 nitrogen and oxygen atoms in total. The van der Waals surface area contributed by atoms with Gasteiger partial charge in [0, 0.05) is 18.4 Å². The molecule has 1 fully saturated rings. The number of pyridine rings is 1. The summed E-state index contributed by atoms with van der Waals surface area (Å²) in [5.74, 6) is 1.06. The number of aromatic nitrogens is 1. The number of nitrogens with one attached hydrogen (secondary N) is 2. The third-order valence-electron chi connectivity index (χ3n) is 8.50. The fourth-order valence-corrected chi connectivity index (χ4v) is 6.92. The minimum Gasteiger partial charge on any atom is -0.466 e. The molecule has 0 saturated heterocycles. The van der Waals surface area contributed by atoms with E-state index in [9.17, 15) is 14.0 Å². The zero-order valence-electron chi connectivity index (χ0n) is 21.0. The number of nitrogens with zero attached hydrogens (tertiary/aromatic N) is 1. The van der Waals surface area contributed by atoms with Crippen LogP contribution in [-0.2, 0) is 16.0 Å². The second-order valence-electron chi connectivity index (χ2n) is 10.5. The van der Waals surface area contributed by atoms with E-state index in [1.807, 2.05) is 6.07 Å². The Morgan fingerprint density at radius 2 is 2.08 bits per heavy atom. The summed E-state index contributed by atoms with van der Waals surface area (Å²) >= 11 is 0. The van der Waals surface area contributed by atoms with E-state index in [4.69, 9.17) is 4.74 Å². The number of carbonyl (C=O) groups excluding carboxylic acids is 2. The van der Waals surface area contributed by atoms with Gasteiger partial charge in [-0.15, -0.1) is 0 Å². The molecule has 190 valence electrons. The van der Waals surface area contributed by atoms with Crippen LogP contribution in [0.5, 0.6) is 0 Å². The van der Waals surface area contributed by atoms with E-state index < -0.39 is 0 Å². The van der Waals surface area contributed by atoms with Crippen molar-refractivity contribution in [2.24, 2.45) is 17.3 Å². The smallest absolute Gasteiger partial charge is 0.319 e. The molecule has 1 saturated carbocycles. The van der Waals surface area contributed by atoms with Gasteiger partial charge in [-0.25, -0.2) is 9.18 Å². The van der Waals surface area contributed by atoms with Gasteiger partial charge in [-0.3, -0.25) is 9.78 Å². The lowest BCUT2D eigenvalue weighted by Gasteiger charge is -2.50. The number of halogens is 1. The van der Waals surface area contributed by atoms with Crippen LogP contribution in [0.1, 0.15) is 68.6 Å². The first-order valence-corrected chi connectivity index (χ1v) is 13.0. The minimum absolute atomic E-state index is 0.0529. The maximum atomic E-state index is 13.9. The zero-order valence-corrected chi connectivity index (χ0v) is 21.0. The van der Waals surface area contributed by atoms with Gasteiger partial charge >= 0.3 is 12.0 Å². The Bertz CT molecular complexity index is 1200. The van der Waals surface area contributed by atoms with Crippen LogP contribution in [0.25, 0.3) is 5.57 Å². The number of benzene rings is 1. The van der Waals surface area contributed by atoms with Crippen molar-refractivity contribution in [1.29, 1.82) is 0 Å². The highest BCUT2D eigenvalue weighted by atomic mass is 19.1. The average Bonchev–Trinajstić information content (AvgIpc) is 3.21. The summed E-state index contributed by atoms with van der Waals surface area (Å²) in [5.41, 5.74) is 5.72. The van der Waals surface area contributed by atoms with Gasteiger partial charge < -0.3 is 15.4 Å². The van der Waals surface area contributed by atoms with Gasteiger partial charge in [0.25, 0.3) is 0 Å². The van der Waals surface area contributed by atoms with Crippen LogP contribution in [-0.4, -0.2) is 30.1 Å².